The number of nitrogens with zero attached hydrogens (tertiary/aromatic N) is 2. The predicted molar refractivity (Wildman–Crippen MR) is 103 cm³/mol. The standard InChI is InChI=1S/2C9H7N.C3H4O4/c2*1-2-6-9-8(4-1)5-3-7-10-9;4-2(5)1-3(6)7/h2*1-7H;1H2,(H,4,5)(H,6,7). The molecule has 2 heterocycles. The molecule has 0 spiro atoms. The van der Waals surface area contributed by atoms with Crippen LogP contribution in [0, 0.1) is 0 Å². The molecular formula is C21H18N2O4. The molecule has 4 aromatic rings. The minimum absolute atomic E-state index is 0.806. The van der Waals surface area contributed by atoms with Crippen LogP contribution in [0.25, 0.3) is 21.8 Å². The van der Waals surface area contributed by atoms with Crippen LogP contribution >= 0.6 is 0 Å². The van der Waals surface area contributed by atoms with Crippen molar-refractivity contribution in [3.63, 3.8) is 0 Å². The van der Waals surface area contributed by atoms with E-state index in [2.05, 4.69) is 34.2 Å². The van der Waals surface area contributed by atoms with E-state index in [9.17, 15) is 9.59 Å². The molecule has 0 bridgehead atoms. The number of carboxylic acids is 2. The van der Waals surface area contributed by atoms with Crippen molar-refractivity contribution < 1.29 is 19.8 Å². The summed E-state index contributed by atoms with van der Waals surface area (Å²) >= 11 is 0. The number of rotatable bonds is 2. The Kier molecular flexibility index (Phi) is 7.41. The Morgan fingerprint density at radius 2 is 1.00 bits per heavy atom. The van der Waals surface area contributed by atoms with Crippen LogP contribution in [0.15, 0.2) is 85.2 Å². The highest BCUT2D eigenvalue weighted by atomic mass is 16.4. The molecule has 27 heavy (non-hydrogen) atoms. The fourth-order valence-corrected chi connectivity index (χ4v) is 2.16. The lowest BCUT2D eigenvalue weighted by Crippen LogP contribution is -2.03. The van der Waals surface area contributed by atoms with Gasteiger partial charge in [-0.3, -0.25) is 19.6 Å². The summed E-state index contributed by atoms with van der Waals surface area (Å²) in [6.45, 7) is 0. The van der Waals surface area contributed by atoms with Crippen LogP contribution < -0.4 is 0 Å². The van der Waals surface area contributed by atoms with Crippen molar-refractivity contribution in [2.75, 3.05) is 0 Å². The lowest BCUT2D eigenvalue weighted by molar-refractivity contribution is -0.147. The van der Waals surface area contributed by atoms with Crippen LogP contribution in [0.4, 0.5) is 0 Å². The van der Waals surface area contributed by atoms with E-state index in [0.717, 1.165) is 11.0 Å². The zero-order valence-corrected chi connectivity index (χ0v) is 14.4. The molecule has 0 radical (unpaired) electrons. The number of carboxylic acid groups (broad SMARTS) is 2. The van der Waals surface area contributed by atoms with Gasteiger partial charge in [-0.25, -0.2) is 0 Å². The summed E-state index contributed by atoms with van der Waals surface area (Å²) in [6, 6.07) is 24.2. The van der Waals surface area contributed by atoms with Crippen molar-refractivity contribution in [3.8, 4) is 0 Å². The Morgan fingerprint density at radius 3 is 1.33 bits per heavy atom. The summed E-state index contributed by atoms with van der Waals surface area (Å²) < 4.78 is 0. The number of para-hydroxylation sites is 2. The Bertz CT molecular complexity index is 820. The minimum atomic E-state index is -1.31. The average molecular weight is 362 g/mol. The quantitative estimate of drug-likeness (QED) is 0.523. The van der Waals surface area contributed by atoms with Gasteiger partial charge in [0, 0.05) is 23.2 Å². The number of pyridine rings is 2. The molecule has 0 unspecified atom stereocenters. The van der Waals surface area contributed by atoms with Gasteiger partial charge in [0.1, 0.15) is 6.42 Å². The van der Waals surface area contributed by atoms with Crippen molar-refractivity contribution in [2.45, 2.75) is 6.42 Å². The number of benzene rings is 2. The highest BCUT2D eigenvalue weighted by Gasteiger charge is 2.01. The summed E-state index contributed by atoms with van der Waals surface area (Å²) in [7, 11) is 0. The van der Waals surface area contributed by atoms with Crippen molar-refractivity contribution in [1.82, 2.24) is 9.97 Å². The number of carbonyl (C=O) groups is 2. The maximum atomic E-state index is 9.43. The Hall–Kier alpha value is -3.80. The first-order chi connectivity index (χ1) is 13.1. The summed E-state index contributed by atoms with van der Waals surface area (Å²) in [5, 5.41) is 17.8. The molecule has 0 saturated carbocycles. The van der Waals surface area contributed by atoms with Gasteiger partial charge in [0.05, 0.1) is 11.0 Å². The van der Waals surface area contributed by atoms with Crippen LogP contribution in [0.2, 0.25) is 0 Å². The van der Waals surface area contributed by atoms with Gasteiger partial charge >= 0.3 is 11.9 Å². The van der Waals surface area contributed by atoms with Gasteiger partial charge in [0.25, 0.3) is 0 Å². The molecule has 0 aliphatic carbocycles. The van der Waals surface area contributed by atoms with E-state index in [1.807, 2.05) is 60.9 Å². The van der Waals surface area contributed by atoms with Crippen LogP contribution in [0.3, 0.4) is 0 Å². The number of hydrogen-bond donors (Lipinski definition) is 2. The van der Waals surface area contributed by atoms with E-state index < -0.39 is 18.4 Å². The number of aliphatic carboxylic acids is 2. The third-order valence-electron chi connectivity index (χ3n) is 3.33. The zero-order chi connectivity index (χ0) is 19.5. The molecule has 0 aliphatic heterocycles. The maximum Gasteiger partial charge on any atom is 0.314 e. The zero-order valence-electron chi connectivity index (χ0n) is 14.4. The lowest BCUT2D eigenvalue weighted by atomic mass is 10.2. The fourth-order valence-electron chi connectivity index (χ4n) is 2.16. The summed E-state index contributed by atoms with van der Waals surface area (Å²) in [4.78, 5) is 27.2. The maximum absolute atomic E-state index is 9.43. The Labute approximate surface area is 155 Å². The van der Waals surface area contributed by atoms with E-state index in [-0.39, 0.29) is 0 Å². The highest BCUT2D eigenvalue weighted by molar-refractivity contribution is 5.88. The molecule has 2 N–H and O–H groups in total. The molecule has 0 amide bonds. The first-order valence-corrected chi connectivity index (χ1v) is 8.09. The van der Waals surface area contributed by atoms with Gasteiger partial charge in [0.15, 0.2) is 0 Å². The van der Waals surface area contributed by atoms with Crippen LogP contribution in [-0.2, 0) is 9.59 Å². The summed E-state index contributed by atoms with van der Waals surface area (Å²) in [5.41, 5.74) is 2.12. The second-order valence-electron chi connectivity index (χ2n) is 5.36. The molecule has 6 heteroatoms. The molecule has 2 aromatic heterocycles. The number of fused-ring (bicyclic) bond motifs is 2. The molecular weight excluding hydrogens is 344 g/mol. The van der Waals surface area contributed by atoms with Crippen LogP contribution in [0.1, 0.15) is 6.42 Å². The lowest BCUT2D eigenvalue weighted by Gasteiger charge is -1.91. The van der Waals surface area contributed by atoms with Crippen LogP contribution in [0.5, 0.6) is 0 Å². The molecule has 4 rings (SSSR count). The Balaban J connectivity index is 0.000000149. The molecule has 0 fully saturated rings. The SMILES string of the molecule is O=C(O)CC(=O)O.c1ccc2ncccc2c1.c1ccc2ncccc2c1. The topological polar surface area (TPSA) is 100 Å². The molecule has 0 atom stereocenters. The van der Waals surface area contributed by atoms with E-state index in [0.29, 0.717) is 0 Å². The average Bonchev–Trinajstić information content (AvgIpc) is 2.68. The second kappa shape index (κ2) is 10.2. The Morgan fingerprint density at radius 1 is 0.630 bits per heavy atom. The van der Waals surface area contributed by atoms with Gasteiger partial charge in [-0.15, -0.1) is 0 Å². The van der Waals surface area contributed by atoms with E-state index in [1.54, 1.807) is 0 Å². The largest absolute Gasteiger partial charge is 0.481 e. The van der Waals surface area contributed by atoms with Crippen molar-refractivity contribution in [1.29, 1.82) is 0 Å². The van der Waals surface area contributed by atoms with Gasteiger partial charge in [-0.2, -0.15) is 0 Å². The van der Waals surface area contributed by atoms with Gasteiger partial charge in [0.2, 0.25) is 0 Å². The summed E-state index contributed by atoms with van der Waals surface area (Å²) in [6.07, 6.45) is 2.81. The first kappa shape index (κ1) is 19.5. The minimum Gasteiger partial charge on any atom is -0.481 e. The molecule has 136 valence electrons. The summed E-state index contributed by atoms with van der Waals surface area (Å²) in [5.74, 6) is -2.62. The third-order valence-corrected chi connectivity index (χ3v) is 3.33. The monoisotopic (exact) mass is 362 g/mol. The number of aromatic nitrogens is 2. The van der Waals surface area contributed by atoms with Crippen LogP contribution in [-0.4, -0.2) is 32.1 Å². The molecule has 0 saturated heterocycles. The second-order valence-corrected chi connectivity index (χ2v) is 5.36. The van der Waals surface area contributed by atoms with E-state index in [4.69, 9.17) is 10.2 Å². The van der Waals surface area contributed by atoms with E-state index >= 15 is 0 Å². The van der Waals surface area contributed by atoms with Crippen molar-refractivity contribution >= 4 is 33.7 Å². The fraction of sp³-hybridized carbons (Fsp3) is 0.0476. The van der Waals surface area contributed by atoms with Crippen molar-refractivity contribution in [2.24, 2.45) is 0 Å². The molecule has 6 nitrogen and oxygen atoms in total. The number of hydrogen-bond acceptors (Lipinski definition) is 4. The predicted octanol–water partition coefficient (Wildman–Crippen LogP) is 4.02. The van der Waals surface area contributed by atoms with E-state index in [1.165, 1.54) is 10.8 Å². The molecule has 2 aromatic carbocycles. The van der Waals surface area contributed by atoms with Gasteiger partial charge in [-0.1, -0.05) is 48.5 Å². The first-order valence-electron chi connectivity index (χ1n) is 8.09. The third kappa shape index (κ3) is 6.91. The highest BCUT2D eigenvalue weighted by Crippen LogP contribution is 2.08. The normalized spacial score (nSPS) is 9.48. The van der Waals surface area contributed by atoms with Gasteiger partial charge in [-0.05, 0) is 24.3 Å². The van der Waals surface area contributed by atoms with Gasteiger partial charge < -0.3 is 10.2 Å². The smallest absolute Gasteiger partial charge is 0.314 e. The molecule has 0 aliphatic rings. The van der Waals surface area contributed by atoms with Crippen molar-refractivity contribution in [3.05, 3.63) is 85.2 Å².